The van der Waals surface area contributed by atoms with Crippen LogP contribution >= 0.6 is 0 Å². The fourth-order valence-corrected chi connectivity index (χ4v) is 2.80. The van der Waals surface area contributed by atoms with Crippen LogP contribution in [0.25, 0.3) is 0 Å². The highest BCUT2D eigenvalue weighted by molar-refractivity contribution is 5.91. The molecule has 2 heterocycles. The lowest BCUT2D eigenvalue weighted by Crippen LogP contribution is -2.32. The van der Waals surface area contributed by atoms with Gasteiger partial charge < -0.3 is 10.2 Å². The summed E-state index contributed by atoms with van der Waals surface area (Å²) < 4.78 is 0. The molecule has 1 N–H and O–H groups in total. The van der Waals surface area contributed by atoms with Crippen LogP contribution in [0.15, 0.2) is 24.6 Å². The first-order valence-electron chi connectivity index (χ1n) is 8.95. The average molecular weight is 337 g/mol. The second-order valence-corrected chi connectivity index (χ2v) is 6.46. The predicted molar refractivity (Wildman–Crippen MR) is 102 cm³/mol. The smallest absolute Gasteiger partial charge is 0.159 e. The van der Waals surface area contributed by atoms with E-state index in [1.165, 1.54) is 25.7 Å². The molecule has 0 saturated heterocycles. The maximum atomic E-state index is 11.1. The minimum absolute atomic E-state index is 0. The van der Waals surface area contributed by atoms with E-state index in [9.17, 15) is 9.59 Å². The minimum Gasteiger partial charge on any atom is -0.388 e. The summed E-state index contributed by atoms with van der Waals surface area (Å²) in [5.74, 6) is 0.527. The lowest BCUT2D eigenvalue weighted by atomic mass is 10.0. The molecule has 0 aromatic carbocycles. The van der Waals surface area contributed by atoms with Gasteiger partial charge in [-0.3, -0.25) is 9.59 Å². The molecule has 0 amide bonds. The summed E-state index contributed by atoms with van der Waals surface area (Å²) in [4.78, 5) is 24.1. The molecule has 2 aliphatic heterocycles. The molecule has 0 saturated carbocycles. The van der Waals surface area contributed by atoms with Crippen molar-refractivity contribution in [2.75, 3.05) is 7.05 Å². The number of nitrogens with one attached hydrogen (secondary N) is 1. The topological polar surface area (TPSA) is 49.4 Å². The molecule has 2 atom stereocenters. The Kier molecular flexibility index (Phi) is 12.0. The predicted octanol–water partition coefficient (Wildman–Crippen LogP) is 4.22. The summed E-state index contributed by atoms with van der Waals surface area (Å²) in [7, 11) is 2.04. The van der Waals surface area contributed by atoms with E-state index in [4.69, 9.17) is 0 Å². The van der Waals surface area contributed by atoms with Gasteiger partial charge in [-0.25, -0.2) is 0 Å². The van der Waals surface area contributed by atoms with E-state index in [1.807, 2.05) is 13.2 Å². The molecular weight excluding hydrogens is 300 g/mol. The van der Waals surface area contributed by atoms with Crippen LogP contribution in [0.1, 0.15) is 72.6 Å². The maximum Gasteiger partial charge on any atom is 0.159 e. The molecule has 2 rings (SSSR count). The van der Waals surface area contributed by atoms with Gasteiger partial charge in [0.1, 0.15) is 0 Å². The van der Waals surface area contributed by atoms with Gasteiger partial charge in [0.15, 0.2) is 11.6 Å². The monoisotopic (exact) mass is 336 g/mol. The molecule has 4 nitrogen and oxygen atoms in total. The summed E-state index contributed by atoms with van der Waals surface area (Å²) >= 11 is 0. The van der Waals surface area contributed by atoms with Crippen molar-refractivity contribution in [1.29, 1.82) is 0 Å². The second-order valence-electron chi connectivity index (χ2n) is 6.46. The van der Waals surface area contributed by atoms with E-state index in [0.29, 0.717) is 24.9 Å². The first-order valence-corrected chi connectivity index (χ1v) is 8.95. The SMILES string of the molecule is C.CCCCC1CC(=O)C=CN1.CCCCC1CC(=O)C=CN1C. The molecule has 0 radical (unpaired) electrons. The number of nitrogens with zero attached hydrogens (tertiary/aromatic N) is 1. The van der Waals surface area contributed by atoms with Crippen molar-refractivity contribution in [2.45, 2.75) is 84.7 Å². The molecule has 0 aromatic heterocycles. The summed E-state index contributed by atoms with van der Waals surface area (Å²) in [5.41, 5.74) is 0. The van der Waals surface area contributed by atoms with Crippen molar-refractivity contribution in [1.82, 2.24) is 10.2 Å². The van der Waals surface area contributed by atoms with Crippen LogP contribution in [0.2, 0.25) is 0 Å². The Hall–Kier alpha value is -1.58. The highest BCUT2D eigenvalue weighted by Crippen LogP contribution is 2.15. The van der Waals surface area contributed by atoms with E-state index < -0.39 is 0 Å². The lowest BCUT2D eigenvalue weighted by Gasteiger charge is -2.28. The number of unbranched alkanes of at least 4 members (excludes halogenated alkanes) is 2. The Balaban J connectivity index is 0.000000425. The molecule has 138 valence electrons. The summed E-state index contributed by atoms with van der Waals surface area (Å²) in [6.07, 6.45) is 15.4. The molecule has 0 spiro atoms. The number of hydrogen-bond acceptors (Lipinski definition) is 4. The third-order valence-electron chi connectivity index (χ3n) is 4.35. The summed E-state index contributed by atoms with van der Waals surface area (Å²) in [6.45, 7) is 4.35. The van der Waals surface area contributed by atoms with Crippen molar-refractivity contribution in [2.24, 2.45) is 0 Å². The standard InChI is InChI=1S/C10H17NO.C9H15NO.CH4/c1-3-4-5-9-8-10(12)6-7-11(9)2;1-2-3-4-8-7-9(11)5-6-10-8;/h6-7,9H,3-5,8H2,1-2H3;5-6,8,10H,2-4,7H2,1H3;1H4. The molecule has 0 aromatic rings. The number of carbonyl (C=O) groups is 2. The Morgan fingerprint density at radius 3 is 2.29 bits per heavy atom. The normalized spacial score (nSPS) is 22.4. The maximum absolute atomic E-state index is 11.1. The quantitative estimate of drug-likeness (QED) is 0.789. The zero-order valence-electron chi connectivity index (χ0n) is 14.9. The number of ketones is 2. The van der Waals surface area contributed by atoms with Crippen LogP contribution in [-0.2, 0) is 9.59 Å². The zero-order chi connectivity index (χ0) is 17.1. The first-order chi connectivity index (χ1) is 11.1. The van der Waals surface area contributed by atoms with Gasteiger partial charge in [0.25, 0.3) is 0 Å². The second kappa shape index (κ2) is 12.8. The van der Waals surface area contributed by atoms with Crippen LogP contribution in [0.3, 0.4) is 0 Å². The van der Waals surface area contributed by atoms with Crippen LogP contribution in [-0.4, -0.2) is 35.6 Å². The molecule has 2 aliphatic rings. The minimum atomic E-state index is 0. The van der Waals surface area contributed by atoms with E-state index in [-0.39, 0.29) is 19.0 Å². The molecule has 2 unspecified atom stereocenters. The number of carbonyl (C=O) groups excluding carboxylic acids is 2. The first kappa shape index (κ1) is 22.4. The van der Waals surface area contributed by atoms with Gasteiger partial charge in [-0.1, -0.05) is 47.0 Å². The summed E-state index contributed by atoms with van der Waals surface area (Å²) in [5, 5.41) is 3.18. The van der Waals surface area contributed by atoms with Crippen molar-refractivity contribution in [3.8, 4) is 0 Å². The Morgan fingerprint density at radius 1 is 1.04 bits per heavy atom. The van der Waals surface area contributed by atoms with Crippen LogP contribution in [0.5, 0.6) is 0 Å². The summed E-state index contributed by atoms with van der Waals surface area (Å²) in [6, 6.07) is 0.842. The van der Waals surface area contributed by atoms with Crippen molar-refractivity contribution >= 4 is 11.6 Å². The third-order valence-corrected chi connectivity index (χ3v) is 4.35. The van der Waals surface area contributed by atoms with E-state index >= 15 is 0 Å². The molecule has 0 bridgehead atoms. The van der Waals surface area contributed by atoms with Gasteiger partial charge in [-0.15, -0.1) is 0 Å². The van der Waals surface area contributed by atoms with Gasteiger partial charge in [0.2, 0.25) is 0 Å². The van der Waals surface area contributed by atoms with Gasteiger partial charge in [-0.2, -0.15) is 0 Å². The lowest BCUT2D eigenvalue weighted by molar-refractivity contribution is -0.116. The Morgan fingerprint density at radius 2 is 1.67 bits per heavy atom. The van der Waals surface area contributed by atoms with E-state index in [2.05, 4.69) is 24.1 Å². The highest BCUT2D eigenvalue weighted by atomic mass is 16.1. The molecular formula is C20H36N2O2. The molecule has 4 heteroatoms. The number of hydrogen-bond donors (Lipinski definition) is 1. The third kappa shape index (κ3) is 8.90. The number of rotatable bonds is 6. The average Bonchev–Trinajstić information content (AvgIpc) is 2.54. The van der Waals surface area contributed by atoms with Crippen LogP contribution in [0.4, 0.5) is 0 Å². The van der Waals surface area contributed by atoms with Crippen molar-refractivity contribution in [3.05, 3.63) is 24.6 Å². The fourth-order valence-electron chi connectivity index (χ4n) is 2.80. The van der Waals surface area contributed by atoms with Gasteiger partial charge in [0.05, 0.1) is 0 Å². The molecule has 0 aliphatic carbocycles. The largest absolute Gasteiger partial charge is 0.388 e. The Labute approximate surface area is 148 Å². The van der Waals surface area contributed by atoms with E-state index in [0.717, 1.165) is 12.8 Å². The van der Waals surface area contributed by atoms with Gasteiger partial charge in [-0.05, 0) is 25.0 Å². The van der Waals surface area contributed by atoms with Crippen molar-refractivity contribution < 1.29 is 9.59 Å². The van der Waals surface area contributed by atoms with Crippen LogP contribution < -0.4 is 5.32 Å². The Bertz CT molecular complexity index is 429. The van der Waals surface area contributed by atoms with Crippen LogP contribution in [0, 0.1) is 0 Å². The van der Waals surface area contributed by atoms with Gasteiger partial charge >= 0.3 is 0 Å². The number of allylic oxidation sites excluding steroid dienone is 2. The molecule has 24 heavy (non-hydrogen) atoms. The van der Waals surface area contributed by atoms with Crippen molar-refractivity contribution in [3.63, 3.8) is 0 Å². The van der Waals surface area contributed by atoms with Gasteiger partial charge in [0, 0.05) is 44.4 Å². The highest BCUT2D eigenvalue weighted by Gasteiger charge is 2.18. The zero-order valence-corrected chi connectivity index (χ0v) is 14.9. The fraction of sp³-hybridized carbons (Fsp3) is 0.700. The molecule has 0 fully saturated rings. The van der Waals surface area contributed by atoms with E-state index in [1.54, 1.807) is 18.4 Å².